The minimum Gasteiger partial charge on any atom is -0.296 e. The molecule has 1 N–H and O–H groups in total. The van der Waals surface area contributed by atoms with Crippen molar-refractivity contribution in [3.8, 4) is 0 Å². The quantitative estimate of drug-likeness (QED) is 0.807. The lowest BCUT2D eigenvalue weighted by Gasteiger charge is -2.19. The van der Waals surface area contributed by atoms with Gasteiger partial charge in [0.15, 0.2) is 0 Å². The zero-order valence-electron chi connectivity index (χ0n) is 11.3. The molecule has 0 aromatic carbocycles. The molecule has 0 radical (unpaired) electrons. The molecule has 1 aliphatic heterocycles. The average molecular weight is 281 g/mol. The number of amides is 2. The van der Waals surface area contributed by atoms with E-state index in [1.807, 2.05) is 19.2 Å². The summed E-state index contributed by atoms with van der Waals surface area (Å²) in [6.07, 6.45) is 3.67. The fourth-order valence-corrected chi connectivity index (χ4v) is 3.07. The Kier molecular flexibility index (Phi) is 4.66. The highest BCUT2D eigenvalue weighted by Crippen LogP contribution is 2.22. The maximum absolute atomic E-state index is 12.2. The molecule has 5 nitrogen and oxygen atoms in total. The van der Waals surface area contributed by atoms with Gasteiger partial charge in [-0.1, -0.05) is 13.8 Å². The van der Waals surface area contributed by atoms with E-state index in [1.54, 1.807) is 17.5 Å². The Labute approximate surface area is 117 Å². The van der Waals surface area contributed by atoms with Crippen LogP contribution in [0.4, 0.5) is 0 Å². The lowest BCUT2D eigenvalue weighted by atomic mass is 10.1. The van der Waals surface area contributed by atoms with E-state index in [1.165, 1.54) is 4.90 Å². The normalized spacial score (nSPS) is 21.2. The molecule has 1 saturated heterocycles. The lowest BCUT2D eigenvalue weighted by molar-refractivity contribution is -0.138. The summed E-state index contributed by atoms with van der Waals surface area (Å²) in [5.74, 6) is -0.166. The van der Waals surface area contributed by atoms with E-state index >= 15 is 0 Å². The summed E-state index contributed by atoms with van der Waals surface area (Å²) in [5, 5.41) is 6.16. The number of rotatable bonds is 6. The van der Waals surface area contributed by atoms with Crippen molar-refractivity contribution in [2.75, 3.05) is 6.54 Å². The van der Waals surface area contributed by atoms with Crippen LogP contribution in [0.5, 0.6) is 0 Å². The van der Waals surface area contributed by atoms with Gasteiger partial charge < -0.3 is 0 Å². The first-order valence-electron chi connectivity index (χ1n) is 6.67. The molecule has 2 rings (SSSR count). The third-order valence-electron chi connectivity index (χ3n) is 3.25. The first-order chi connectivity index (χ1) is 9.17. The monoisotopic (exact) mass is 281 g/mol. The third kappa shape index (κ3) is 3.01. The van der Waals surface area contributed by atoms with Crippen LogP contribution in [0.3, 0.4) is 0 Å². The van der Waals surface area contributed by atoms with Gasteiger partial charge in [-0.15, -0.1) is 11.3 Å². The molecule has 19 heavy (non-hydrogen) atoms. The fraction of sp³-hybridized carbons (Fsp3) is 0.615. The number of hydrogen-bond acceptors (Lipinski definition) is 5. The summed E-state index contributed by atoms with van der Waals surface area (Å²) in [6, 6.07) is -0.351. The number of aromatic nitrogens is 1. The smallest absolute Gasteiger partial charge is 0.246 e. The van der Waals surface area contributed by atoms with Crippen molar-refractivity contribution in [1.29, 1.82) is 0 Å². The van der Waals surface area contributed by atoms with Gasteiger partial charge in [0.1, 0.15) is 5.01 Å². The van der Waals surface area contributed by atoms with Gasteiger partial charge in [0.25, 0.3) is 0 Å². The van der Waals surface area contributed by atoms with Gasteiger partial charge in [0.05, 0.1) is 18.5 Å². The van der Waals surface area contributed by atoms with E-state index in [4.69, 9.17) is 0 Å². The molecule has 1 fully saturated rings. The number of nitrogens with one attached hydrogen (secondary N) is 1. The van der Waals surface area contributed by atoms with Crippen LogP contribution in [-0.2, 0) is 9.59 Å². The Morgan fingerprint density at radius 3 is 2.89 bits per heavy atom. The second-order valence-electron chi connectivity index (χ2n) is 4.64. The Morgan fingerprint density at radius 1 is 1.53 bits per heavy atom. The average Bonchev–Trinajstić information content (AvgIpc) is 3.00. The maximum Gasteiger partial charge on any atom is 0.246 e. The molecule has 2 atom stereocenters. The minimum absolute atomic E-state index is 0.0447. The molecule has 0 bridgehead atoms. The maximum atomic E-state index is 12.2. The van der Waals surface area contributed by atoms with Crippen LogP contribution in [0.15, 0.2) is 11.6 Å². The van der Waals surface area contributed by atoms with Crippen LogP contribution in [0.25, 0.3) is 0 Å². The predicted molar refractivity (Wildman–Crippen MR) is 73.7 cm³/mol. The molecule has 104 valence electrons. The van der Waals surface area contributed by atoms with Crippen molar-refractivity contribution in [3.05, 3.63) is 16.6 Å². The minimum atomic E-state index is -0.395. The number of hydrogen-bond donors (Lipinski definition) is 1. The van der Waals surface area contributed by atoms with Gasteiger partial charge in [0, 0.05) is 18.1 Å². The van der Waals surface area contributed by atoms with E-state index in [9.17, 15) is 9.59 Å². The van der Waals surface area contributed by atoms with E-state index in [0.717, 1.165) is 17.8 Å². The molecule has 0 spiro atoms. The fourth-order valence-electron chi connectivity index (χ4n) is 2.29. The summed E-state index contributed by atoms with van der Waals surface area (Å²) in [5.41, 5.74) is 0. The van der Waals surface area contributed by atoms with E-state index in [0.29, 0.717) is 6.54 Å². The molecule has 1 aromatic heterocycles. The molecular formula is C13H19N3O2S. The van der Waals surface area contributed by atoms with Gasteiger partial charge in [-0.3, -0.25) is 19.8 Å². The van der Waals surface area contributed by atoms with Crippen molar-refractivity contribution in [2.24, 2.45) is 0 Å². The molecule has 2 amide bonds. The van der Waals surface area contributed by atoms with Gasteiger partial charge in [-0.2, -0.15) is 0 Å². The highest BCUT2D eigenvalue weighted by molar-refractivity contribution is 7.09. The zero-order valence-corrected chi connectivity index (χ0v) is 12.1. The van der Waals surface area contributed by atoms with Crippen LogP contribution in [0, 0.1) is 0 Å². The number of likely N-dealkylation sites (tertiary alicyclic amines) is 1. The Hall–Kier alpha value is -1.27. The number of carbonyl (C=O) groups is 2. The second kappa shape index (κ2) is 6.25. The summed E-state index contributed by atoms with van der Waals surface area (Å²) in [7, 11) is 0. The molecule has 0 aliphatic carbocycles. The predicted octanol–water partition coefficient (Wildman–Crippen LogP) is 1.72. The summed E-state index contributed by atoms with van der Waals surface area (Å²) in [4.78, 5) is 29.6. The van der Waals surface area contributed by atoms with Crippen LogP contribution < -0.4 is 5.32 Å². The van der Waals surface area contributed by atoms with Crippen molar-refractivity contribution in [3.63, 3.8) is 0 Å². The van der Waals surface area contributed by atoms with Gasteiger partial charge in [0.2, 0.25) is 11.8 Å². The molecule has 6 heteroatoms. The highest BCUT2D eigenvalue weighted by atomic mass is 32.1. The summed E-state index contributed by atoms with van der Waals surface area (Å²) >= 11 is 1.57. The Morgan fingerprint density at radius 2 is 2.32 bits per heavy atom. The molecular weight excluding hydrogens is 262 g/mol. The van der Waals surface area contributed by atoms with E-state index in [2.05, 4.69) is 10.3 Å². The van der Waals surface area contributed by atoms with Crippen LogP contribution in [0.1, 0.15) is 44.2 Å². The number of carbonyl (C=O) groups excluding carboxylic acids is 2. The van der Waals surface area contributed by atoms with Gasteiger partial charge in [-0.05, 0) is 12.8 Å². The van der Waals surface area contributed by atoms with Crippen molar-refractivity contribution in [1.82, 2.24) is 15.2 Å². The Balaban J connectivity index is 2.03. The zero-order chi connectivity index (χ0) is 13.8. The topological polar surface area (TPSA) is 62.3 Å². The van der Waals surface area contributed by atoms with Crippen molar-refractivity contribution < 1.29 is 9.59 Å². The van der Waals surface area contributed by atoms with Gasteiger partial charge >= 0.3 is 0 Å². The van der Waals surface area contributed by atoms with Gasteiger partial charge in [-0.25, -0.2) is 4.98 Å². The SMILES string of the molecule is CCCN1C(=O)CC(NC(CC)c2nccs2)C1=O. The Bertz CT molecular complexity index is 447. The molecule has 1 aromatic rings. The largest absolute Gasteiger partial charge is 0.296 e. The summed E-state index contributed by atoms with van der Waals surface area (Å²) in [6.45, 7) is 4.53. The summed E-state index contributed by atoms with van der Waals surface area (Å²) < 4.78 is 0. The third-order valence-corrected chi connectivity index (χ3v) is 4.14. The number of imide groups is 1. The van der Waals surface area contributed by atoms with Crippen molar-refractivity contribution >= 4 is 23.2 Å². The van der Waals surface area contributed by atoms with Crippen LogP contribution in [-0.4, -0.2) is 34.3 Å². The lowest BCUT2D eigenvalue weighted by Crippen LogP contribution is -2.40. The van der Waals surface area contributed by atoms with Crippen LogP contribution in [0.2, 0.25) is 0 Å². The first-order valence-corrected chi connectivity index (χ1v) is 7.55. The van der Waals surface area contributed by atoms with E-state index < -0.39 is 6.04 Å². The molecule has 2 unspecified atom stereocenters. The molecule has 1 aliphatic rings. The number of thiazole rings is 1. The van der Waals surface area contributed by atoms with Crippen molar-refractivity contribution in [2.45, 2.75) is 45.2 Å². The standard InChI is InChI=1S/C13H19N3O2S/c1-3-6-16-11(17)8-10(13(16)18)15-9(4-2)12-14-5-7-19-12/h5,7,9-10,15H,3-4,6,8H2,1-2H3. The van der Waals surface area contributed by atoms with E-state index in [-0.39, 0.29) is 24.3 Å². The van der Waals surface area contributed by atoms with Crippen LogP contribution >= 0.6 is 11.3 Å². The first kappa shape index (κ1) is 14.1. The number of nitrogens with zero attached hydrogens (tertiary/aromatic N) is 2. The molecule has 2 heterocycles. The second-order valence-corrected chi connectivity index (χ2v) is 5.56. The highest BCUT2D eigenvalue weighted by Gasteiger charge is 2.38. The molecule has 0 saturated carbocycles.